The van der Waals surface area contributed by atoms with E-state index in [0.717, 1.165) is 25.3 Å². The first-order valence-electron chi connectivity index (χ1n) is 7.57. The van der Waals surface area contributed by atoms with Crippen LogP contribution in [0, 0.1) is 0 Å². The molecule has 23 heavy (non-hydrogen) atoms. The molecule has 0 bridgehead atoms. The SMILES string of the molecule is Cn1cc(CN2Cc3ccnn3C(CCNS(C)(=O)=O)C2)cn1. The van der Waals surface area contributed by atoms with Crippen LogP contribution in [0.5, 0.6) is 0 Å². The van der Waals surface area contributed by atoms with Crippen LogP contribution in [0.4, 0.5) is 0 Å². The van der Waals surface area contributed by atoms with Crippen LogP contribution < -0.4 is 4.72 Å². The maximum absolute atomic E-state index is 11.2. The first-order chi connectivity index (χ1) is 10.9. The predicted octanol–water partition coefficient (Wildman–Crippen LogP) is 0.113. The highest BCUT2D eigenvalue weighted by atomic mass is 32.2. The van der Waals surface area contributed by atoms with Crippen LogP contribution in [-0.2, 0) is 30.2 Å². The van der Waals surface area contributed by atoms with E-state index in [9.17, 15) is 8.42 Å². The molecule has 1 atom stereocenters. The second kappa shape index (κ2) is 6.42. The molecule has 0 amide bonds. The quantitative estimate of drug-likeness (QED) is 0.808. The summed E-state index contributed by atoms with van der Waals surface area (Å²) in [7, 11) is -1.24. The Morgan fingerprint density at radius 2 is 2.22 bits per heavy atom. The molecule has 0 aliphatic carbocycles. The van der Waals surface area contributed by atoms with E-state index in [1.165, 1.54) is 11.8 Å². The molecule has 1 unspecified atom stereocenters. The maximum Gasteiger partial charge on any atom is 0.208 e. The third-order valence-electron chi connectivity index (χ3n) is 3.96. The molecule has 1 aliphatic rings. The highest BCUT2D eigenvalue weighted by Crippen LogP contribution is 2.24. The summed E-state index contributed by atoms with van der Waals surface area (Å²) < 4.78 is 28.8. The van der Waals surface area contributed by atoms with Crippen molar-refractivity contribution in [2.24, 2.45) is 7.05 Å². The van der Waals surface area contributed by atoms with Crippen molar-refractivity contribution in [3.05, 3.63) is 35.9 Å². The van der Waals surface area contributed by atoms with Gasteiger partial charge in [0.05, 0.1) is 24.2 Å². The molecule has 0 aromatic carbocycles. The maximum atomic E-state index is 11.2. The molecule has 3 heterocycles. The lowest BCUT2D eigenvalue weighted by molar-refractivity contribution is 0.162. The first-order valence-corrected chi connectivity index (χ1v) is 9.47. The number of sulfonamides is 1. The van der Waals surface area contributed by atoms with Crippen LogP contribution in [0.25, 0.3) is 0 Å². The van der Waals surface area contributed by atoms with E-state index in [-0.39, 0.29) is 6.04 Å². The van der Waals surface area contributed by atoms with Crippen molar-refractivity contribution in [1.29, 1.82) is 0 Å². The molecule has 126 valence electrons. The Hall–Kier alpha value is -1.71. The molecule has 2 aromatic rings. The lowest BCUT2D eigenvalue weighted by Gasteiger charge is -2.33. The standard InChI is InChI=1S/C14H22N6O2S/c1-18-8-12(7-16-18)9-19-10-13-3-5-15-20(13)14(11-19)4-6-17-23(2,21)22/h3,5,7-8,14,17H,4,6,9-11H2,1-2H3. The summed E-state index contributed by atoms with van der Waals surface area (Å²) in [6.45, 7) is 2.93. The van der Waals surface area contributed by atoms with E-state index < -0.39 is 10.0 Å². The van der Waals surface area contributed by atoms with Crippen molar-refractivity contribution in [1.82, 2.24) is 29.2 Å². The number of rotatable bonds is 6. The van der Waals surface area contributed by atoms with Gasteiger partial charge in [0.25, 0.3) is 0 Å². The zero-order chi connectivity index (χ0) is 16.4. The molecule has 1 aliphatic heterocycles. The molecule has 3 rings (SSSR count). The normalized spacial score (nSPS) is 19.0. The van der Waals surface area contributed by atoms with Crippen molar-refractivity contribution in [3.63, 3.8) is 0 Å². The summed E-state index contributed by atoms with van der Waals surface area (Å²) in [6, 6.07) is 2.19. The van der Waals surface area contributed by atoms with Gasteiger partial charge in [0.2, 0.25) is 10.0 Å². The summed E-state index contributed by atoms with van der Waals surface area (Å²) >= 11 is 0. The van der Waals surface area contributed by atoms with Crippen molar-refractivity contribution < 1.29 is 8.42 Å². The largest absolute Gasteiger partial charge is 0.291 e. The topological polar surface area (TPSA) is 85.0 Å². The van der Waals surface area contributed by atoms with Crippen molar-refractivity contribution in [2.45, 2.75) is 25.6 Å². The van der Waals surface area contributed by atoms with E-state index in [1.807, 2.05) is 30.2 Å². The monoisotopic (exact) mass is 338 g/mol. The molecule has 0 saturated heterocycles. The minimum absolute atomic E-state index is 0.166. The van der Waals surface area contributed by atoms with Gasteiger partial charge in [-0.2, -0.15) is 10.2 Å². The highest BCUT2D eigenvalue weighted by molar-refractivity contribution is 7.88. The Balaban J connectivity index is 1.67. The summed E-state index contributed by atoms with van der Waals surface area (Å²) in [4.78, 5) is 2.35. The lowest BCUT2D eigenvalue weighted by atomic mass is 10.1. The molecule has 0 radical (unpaired) electrons. The Bertz CT molecular complexity index is 766. The zero-order valence-electron chi connectivity index (χ0n) is 13.4. The average molecular weight is 338 g/mol. The minimum Gasteiger partial charge on any atom is -0.291 e. The van der Waals surface area contributed by atoms with Gasteiger partial charge in [-0.3, -0.25) is 14.3 Å². The average Bonchev–Trinajstić information content (AvgIpc) is 3.06. The molecular weight excluding hydrogens is 316 g/mol. The lowest BCUT2D eigenvalue weighted by Crippen LogP contribution is -2.38. The van der Waals surface area contributed by atoms with Gasteiger partial charge < -0.3 is 0 Å². The molecule has 0 saturated carbocycles. The van der Waals surface area contributed by atoms with Gasteiger partial charge in [-0.15, -0.1) is 0 Å². The van der Waals surface area contributed by atoms with E-state index in [0.29, 0.717) is 13.0 Å². The van der Waals surface area contributed by atoms with Gasteiger partial charge in [0, 0.05) is 51.2 Å². The predicted molar refractivity (Wildman–Crippen MR) is 86.0 cm³/mol. The molecule has 0 fully saturated rings. The van der Waals surface area contributed by atoms with Gasteiger partial charge in [-0.1, -0.05) is 0 Å². The second-order valence-electron chi connectivity index (χ2n) is 6.07. The van der Waals surface area contributed by atoms with Gasteiger partial charge in [0.1, 0.15) is 0 Å². The van der Waals surface area contributed by atoms with Crippen LogP contribution >= 0.6 is 0 Å². The zero-order valence-corrected chi connectivity index (χ0v) is 14.2. The smallest absolute Gasteiger partial charge is 0.208 e. The van der Waals surface area contributed by atoms with Gasteiger partial charge in [-0.05, 0) is 12.5 Å². The Morgan fingerprint density at radius 3 is 2.91 bits per heavy atom. The molecule has 2 aromatic heterocycles. The fraction of sp³-hybridized carbons (Fsp3) is 0.571. The van der Waals surface area contributed by atoms with E-state index in [1.54, 1.807) is 10.9 Å². The van der Waals surface area contributed by atoms with Gasteiger partial charge in [0.15, 0.2) is 0 Å². The van der Waals surface area contributed by atoms with Crippen LogP contribution in [0.3, 0.4) is 0 Å². The number of nitrogens with zero attached hydrogens (tertiary/aromatic N) is 5. The van der Waals surface area contributed by atoms with Gasteiger partial charge in [-0.25, -0.2) is 13.1 Å². The van der Waals surface area contributed by atoms with E-state index in [4.69, 9.17) is 0 Å². The Morgan fingerprint density at radius 1 is 1.39 bits per heavy atom. The van der Waals surface area contributed by atoms with Crippen LogP contribution in [-0.4, -0.2) is 52.2 Å². The van der Waals surface area contributed by atoms with Crippen LogP contribution in [0.15, 0.2) is 24.7 Å². The summed E-state index contributed by atoms with van der Waals surface area (Å²) in [6.07, 6.45) is 7.60. The first kappa shape index (κ1) is 16.2. The number of aryl methyl sites for hydroxylation is 1. The second-order valence-corrected chi connectivity index (χ2v) is 7.90. The van der Waals surface area contributed by atoms with E-state index in [2.05, 4.69) is 19.8 Å². The fourth-order valence-corrected chi connectivity index (χ4v) is 3.51. The highest BCUT2D eigenvalue weighted by Gasteiger charge is 2.25. The minimum atomic E-state index is -3.15. The van der Waals surface area contributed by atoms with Crippen LogP contribution in [0.2, 0.25) is 0 Å². The molecule has 0 spiro atoms. The number of nitrogens with one attached hydrogen (secondary N) is 1. The molecular formula is C14H22N6O2S. The van der Waals surface area contributed by atoms with Crippen molar-refractivity contribution >= 4 is 10.0 Å². The Labute approximate surface area is 136 Å². The number of hydrogen-bond acceptors (Lipinski definition) is 5. The Kier molecular flexibility index (Phi) is 4.51. The fourth-order valence-electron chi connectivity index (χ4n) is 3.02. The van der Waals surface area contributed by atoms with Crippen LogP contribution in [0.1, 0.15) is 23.7 Å². The third kappa shape index (κ3) is 4.18. The summed E-state index contributed by atoms with van der Waals surface area (Å²) in [5.41, 5.74) is 2.33. The van der Waals surface area contributed by atoms with Gasteiger partial charge >= 0.3 is 0 Å². The number of aromatic nitrogens is 4. The third-order valence-corrected chi connectivity index (χ3v) is 4.69. The van der Waals surface area contributed by atoms with Crippen molar-refractivity contribution in [2.75, 3.05) is 19.3 Å². The summed E-state index contributed by atoms with van der Waals surface area (Å²) in [5, 5.41) is 8.60. The van der Waals surface area contributed by atoms with Crippen molar-refractivity contribution in [3.8, 4) is 0 Å². The molecule has 1 N–H and O–H groups in total. The molecule has 8 nitrogen and oxygen atoms in total. The molecule has 9 heteroatoms. The number of hydrogen-bond donors (Lipinski definition) is 1. The summed E-state index contributed by atoms with van der Waals surface area (Å²) in [5.74, 6) is 0. The van der Waals surface area contributed by atoms with E-state index >= 15 is 0 Å². The number of fused-ring (bicyclic) bond motifs is 1.